The zero-order chi connectivity index (χ0) is 24.8. The Hall–Kier alpha value is -2.94. The predicted octanol–water partition coefficient (Wildman–Crippen LogP) is 5.56. The van der Waals surface area contributed by atoms with Crippen LogP contribution in [-0.4, -0.2) is 47.9 Å². The van der Waals surface area contributed by atoms with Crippen molar-refractivity contribution in [1.82, 2.24) is 15.3 Å². The van der Waals surface area contributed by atoms with Gasteiger partial charge in [0.05, 0.1) is 0 Å². The van der Waals surface area contributed by atoms with E-state index in [1.165, 1.54) is 5.56 Å². The minimum atomic E-state index is -0.0889. The Morgan fingerprint density at radius 3 is 2.47 bits per heavy atom. The second-order valence-corrected chi connectivity index (χ2v) is 10.0. The number of nitrogens with one attached hydrogen (secondary N) is 2. The van der Waals surface area contributed by atoms with Gasteiger partial charge in [0.25, 0.3) is 0 Å². The van der Waals surface area contributed by atoms with Crippen LogP contribution in [0, 0.1) is 0 Å². The van der Waals surface area contributed by atoms with Crippen LogP contribution < -0.4 is 20.3 Å². The normalized spacial score (nSPS) is 17.0. The molecule has 3 heterocycles. The topological polar surface area (TPSA) is 71.5 Å². The molecular weight excluding hydrogens is 494 g/mol. The average Bonchev–Trinajstić information content (AvgIpc) is 3.44. The number of thiocarbonyl (C=S) groups is 1. The first-order valence-corrected chi connectivity index (χ1v) is 13.1. The van der Waals surface area contributed by atoms with Crippen LogP contribution in [0.4, 0.5) is 11.8 Å². The highest BCUT2D eigenvalue weighted by Crippen LogP contribution is 2.35. The number of anilines is 2. The van der Waals surface area contributed by atoms with Crippen LogP contribution in [0.25, 0.3) is 0 Å². The fraction of sp³-hybridized carbons (Fsp3) is 0.370. The van der Waals surface area contributed by atoms with Crippen molar-refractivity contribution in [3.05, 3.63) is 71.2 Å². The van der Waals surface area contributed by atoms with Crippen molar-refractivity contribution >= 4 is 40.7 Å². The van der Waals surface area contributed by atoms with Gasteiger partial charge in [-0.15, -0.1) is 0 Å². The number of hydrogen-bond donors (Lipinski definition) is 2. The number of halogens is 1. The molecular formula is C27H30ClN5O2S. The Morgan fingerprint density at radius 2 is 1.75 bits per heavy atom. The monoisotopic (exact) mass is 523 g/mol. The molecule has 1 aromatic heterocycles. The molecule has 2 aromatic carbocycles. The number of hydrogen-bond acceptors (Lipinski definition) is 6. The summed E-state index contributed by atoms with van der Waals surface area (Å²) in [6, 6.07) is 19.6. The number of aromatic nitrogens is 2. The molecule has 2 fully saturated rings. The van der Waals surface area contributed by atoms with Gasteiger partial charge in [0.2, 0.25) is 11.8 Å². The fourth-order valence-electron chi connectivity index (χ4n) is 4.77. The summed E-state index contributed by atoms with van der Waals surface area (Å²) in [5.41, 5.74) is 1.14. The quantitative estimate of drug-likeness (QED) is 0.390. The molecule has 188 valence electrons. The second-order valence-electron chi connectivity index (χ2n) is 9.20. The first kappa shape index (κ1) is 24.7. The van der Waals surface area contributed by atoms with E-state index in [-0.39, 0.29) is 5.41 Å². The van der Waals surface area contributed by atoms with Gasteiger partial charge in [0, 0.05) is 49.4 Å². The summed E-state index contributed by atoms with van der Waals surface area (Å²) < 4.78 is 11.7. The zero-order valence-electron chi connectivity index (χ0n) is 20.1. The first-order valence-electron chi connectivity index (χ1n) is 12.4. The number of ether oxygens (including phenoxy) is 2. The molecule has 2 aliphatic heterocycles. The van der Waals surface area contributed by atoms with E-state index in [1.54, 1.807) is 0 Å². The van der Waals surface area contributed by atoms with Crippen molar-refractivity contribution in [3.8, 4) is 11.6 Å². The van der Waals surface area contributed by atoms with E-state index in [4.69, 9.17) is 38.3 Å². The van der Waals surface area contributed by atoms with Crippen molar-refractivity contribution in [2.24, 2.45) is 0 Å². The maximum absolute atomic E-state index is 6.14. The van der Waals surface area contributed by atoms with E-state index < -0.39 is 0 Å². The summed E-state index contributed by atoms with van der Waals surface area (Å²) in [7, 11) is 0. The maximum atomic E-state index is 6.14. The molecule has 5 rings (SSSR count). The number of benzene rings is 2. The maximum Gasteiger partial charge on any atom is 0.234 e. The van der Waals surface area contributed by atoms with Crippen molar-refractivity contribution < 1.29 is 9.47 Å². The highest BCUT2D eigenvalue weighted by Gasteiger charge is 2.34. The summed E-state index contributed by atoms with van der Waals surface area (Å²) in [4.78, 5) is 11.6. The van der Waals surface area contributed by atoms with Gasteiger partial charge in [0.1, 0.15) is 11.6 Å². The summed E-state index contributed by atoms with van der Waals surface area (Å²) in [5, 5.41) is 7.80. The molecule has 0 unspecified atom stereocenters. The molecule has 0 bridgehead atoms. The highest BCUT2D eigenvalue weighted by molar-refractivity contribution is 7.80. The smallest absolute Gasteiger partial charge is 0.234 e. The lowest BCUT2D eigenvalue weighted by Crippen LogP contribution is -2.45. The molecule has 2 saturated heterocycles. The summed E-state index contributed by atoms with van der Waals surface area (Å²) in [6.45, 7) is 4.03. The van der Waals surface area contributed by atoms with Gasteiger partial charge in [0.15, 0.2) is 5.11 Å². The highest BCUT2D eigenvalue weighted by atomic mass is 35.5. The lowest BCUT2D eigenvalue weighted by atomic mass is 9.74. The Labute approximate surface area is 222 Å². The van der Waals surface area contributed by atoms with Crippen molar-refractivity contribution in [2.45, 2.75) is 31.1 Å². The molecule has 0 aliphatic carbocycles. The molecule has 9 heteroatoms. The largest absolute Gasteiger partial charge is 0.439 e. The Bertz CT molecular complexity index is 1170. The van der Waals surface area contributed by atoms with Crippen LogP contribution in [0.5, 0.6) is 11.6 Å². The summed E-state index contributed by atoms with van der Waals surface area (Å²) in [5.74, 6) is 2.45. The molecule has 7 nitrogen and oxygen atoms in total. The van der Waals surface area contributed by atoms with Crippen LogP contribution in [0.3, 0.4) is 0 Å². The van der Waals surface area contributed by atoms with Crippen LogP contribution in [-0.2, 0) is 10.2 Å². The Morgan fingerprint density at radius 1 is 1.03 bits per heavy atom. The van der Waals surface area contributed by atoms with Gasteiger partial charge in [-0.25, -0.2) is 0 Å². The van der Waals surface area contributed by atoms with Crippen LogP contribution in [0.1, 0.15) is 31.2 Å². The van der Waals surface area contributed by atoms with Gasteiger partial charge in [-0.1, -0.05) is 41.9 Å². The standard InChI is InChI=1S/C27H30ClN5O2S/c28-21-10-8-20(9-11-21)27(12-16-34-17-13-27)19-29-26(36)32-25-30-23(33-14-4-5-15-33)18-24(31-25)35-22-6-2-1-3-7-22/h1-3,6-11,18H,4-5,12-17,19H2,(H2,29,30,31,32,36). The third-order valence-electron chi connectivity index (χ3n) is 6.80. The first-order chi connectivity index (χ1) is 17.6. The lowest BCUT2D eigenvalue weighted by molar-refractivity contribution is 0.0515. The van der Waals surface area contributed by atoms with E-state index in [0.29, 0.717) is 36.7 Å². The molecule has 2 aliphatic rings. The van der Waals surface area contributed by atoms with E-state index in [2.05, 4.69) is 32.7 Å². The van der Waals surface area contributed by atoms with Crippen LogP contribution in [0.2, 0.25) is 5.02 Å². The SMILES string of the molecule is S=C(NCC1(c2ccc(Cl)cc2)CCOCC1)Nc1nc(Oc2ccccc2)cc(N2CCCC2)n1. The van der Waals surface area contributed by atoms with Crippen molar-refractivity contribution in [1.29, 1.82) is 0 Å². The molecule has 36 heavy (non-hydrogen) atoms. The molecule has 0 spiro atoms. The molecule has 3 aromatic rings. The van der Waals surface area contributed by atoms with E-state index >= 15 is 0 Å². The third-order valence-corrected chi connectivity index (χ3v) is 7.30. The molecule has 0 atom stereocenters. The van der Waals surface area contributed by atoms with Crippen molar-refractivity contribution in [3.63, 3.8) is 0 Å². The van der Waals surface area contributed by atoms with Gasteiger partial charge in [-0.2, -0.15) is 9.97 Å². The van der Waals surface area contributed by atoms with Gasteiger partial charge in [-0.3, -0.25) is 0 Å². The van der Waals surface area contributed by atoms with Gasteiger partial charge >= 0.3 is 0 Å². The second kappa shape index (κ2) is 11.4. The number of para-hydroxylation sites is 1. The average molecular weight is 524 g/mol. The van der Waals surface area contributed by atoms with Crippen LogP contribution >= 0.6 is 23.8 Å². The Balaban J connectivity index is 1.31. The third kappa shape index (κ3) is 6.06. The van der Waals surface area contributed by atoms with E-state index in [1.807, 2.05) is 48.5 Å². The number of nitrogens with zero attached hydrogens (tertiary/aromatic N) is 3. The molecule has 2 N–H and O–H groups in total. The number of rotatable bonds is 7. The van der Waals surface area contributed by atoms with Gasteiger partial charge in [-0.05, 0) is 67.7 Å². The van der Waals surface area contributed by atoms with E-state index in [0.717, 1.165) is 55.4 Å². The zero-order valence-corrected chi connectivity index (χ0v) is 21.7. The minimum absolute atomic E-state index is 0.0889. The lowest BCUT2D eigenvalue weighted by Gasteiger charge is -2.38. The molecule has 0 radical (unpaired) electrons. The molecule has 0 saturated carbocycles. The van der Waals surface area contributed by atoms with E-state index in [9.17, 15) is 0 Å². The van der Waals surface area contributed by atoms with Gasteiger partial charge < -0.3 is 25.0 Å². The Kier molecular flexibility index (Phi) is 7.84. The predicted molar refractivity (Wildman–Crippen MR) is 147 cm³/mol. The summed E-state index contributed by atoms with van der Waals surface area (Å²) >= 11 is 11.8. The fourth-order valence-corrected chi connectivity index (χ4v) is 5.06. The molecule has 0 amide bonds. The summed E-state index contributed by atoms with van der Waals surface area (Å²) in [6.07, 6.45) is 4.11. The van der Waals surface area contributed by atoms with Crippen molar-refractivity contribution in [2.75, 3.05) is 43.1 Å². The minimum Gasteiger partial charge on any atom is -0.439 e. The van der Waals surface area contributed by atoms with Crippen LogP contribution in [0.15, 0.2) is 60.7 Å².